The van der Waals surface area contributed by atoms with E-state index in [-0.39, 0.29) is 29.3 Å². The lowest BCUT2D eigenvalue weighted by Gasteiger charge is -2.30. The van der Waals surface area contributed by atoms with Gasteiger partial charge in [0.2, 0.25) is 0 Å². The van der Waals surface area contributed by atoms with Crippen LogP contribution >= 0.6 is 0 Å². The second kappa shape index (κ2) is 9.02. The molecule has 10 nitrogen and oxygen atoms in total. The Morgan fingerprint density at radius 2 is 1.88 bits per heavy atom. The molecule has 1 aromatic carbocycles. The van der Waals surface area contributed by atoms with Crippen LogP contribution in [0.15, 0.2) is 48.9 Å². The summed E-state index contributed by atoms with van der Waals surface area (Å²) in [7, 11) is 0. The van der Waals surface area contributed by atoms with Crippen molar-refractivity contribution in [1.29, 1.82) is 0 Å². The first kappa shape index (κ1) is 21.7. The highest BCUT2D eigenvalue weighted by Crippen LogP contribution is 2.28. The van der Waals surface area contributed by atoms with Crippen molar-refractivity contribution in [2.75, 3.05) is 10.6 Å². The smallest absolute Gasteiger partial charge is 0.252 e. The third-order valence-electron chi connectivity index (χ3n) is 5.96. The van der Waals surface area contributed by atoms with Gasteiger partial charge in [-0.15, -0.1) is 0 Å². The van der Waals surface area contributed by atoms with Crippen molar-refractivity contribution in [1.82, 2.24) is 25.0 Å². The molecule has 1 aliphatic carbocycles. The molecule has 3 aromatic heterocycles. The average Bonchev–Trinajstić information content (AvgIpc) is 3.37. The number of primary amides is 1. The molecular formula is C23H24FN9O. The van der Waals surface area contributed by atoms with Crippen LogP contribution in [0, 0.1) is 5.82 Å². The summed E-state index contributed by atoms with van der Waals surface area (Å²) in [5.74, 6) is -1.28. The van der Waals surface area contributed by atoms with Gasteiger partial charge in [0, 0.05) is 17.5 Å². The number of benzene rings is 1. The Labute approximate surface area is 194 Å². The SMILES string of the molecule is NC(=O)c1cc(F)c(NC2CCCCC2N)nc1Nc1cnc2cc(-n3nccn3)ccc2c1. The van der Waals surface area contributed by atoms with Gasteiger partial charge < -0.3 is 22.1 Å². The van der Waals surface area contributed by atoms with E-state index in [1.54, 1.807) is 18.6 Å². The monoisotopic (exact) mass is 461 g/mol. The molecule has 0 spiro atoms. The van der Waals surface area contributed by atoms with Crippen molar-refractivity contribution in [2.45, 2.75) is 37.8 Å². The number of amides is 1. The molecule has 174 valence electrons. The fourth-order valence-corrected chi connectivity index (χ4v) is 4.18. The number of rotatable bonds is 6. The summed E-state index contributed by atoms with van der Waals surface area (Å²) in [6.45, 7) is 0. The predicted octanol–water partition coefficient (Wildman–Crippen LogP) is 2.87. The number of nitrogens with one attached hydrogen (secondary N) is 2. The van der Waals surface area contributed by atoms with E-state index >= 15 is 0 Å². The minimum Gasteiger partial charge on any atom is -0.365 e. The maximum atomic E-state index is 14.7. The van der Waals surface area contributed by atoms with E-state index in [1.165, 1.54) is 4.80 Å². The molecule has 2 atom stereocenters. The number of carbonyl (C=O) groups is 1. The van der Waals surface area contributed by atoms with Crippen LogP contribution in [-0.2, 0) is 0 Å². The highest BCUT2D eigenvalue weighted by Gasteiger charge is 2.24. The molecule has 0 saturated heterocycles. The van der Waals surface area contributed by atoms with Crippen molar-refractivity contribution >= 4 is 34.1 Å². The predicted molar refractivity (Wildman–Crippen MR) is 127 cm³/mol. The minimum atomic E-state index is -0.792. The quantitative estimate of drug-likeness (QED) is 0.342. The van der Waals surface area contributed by atoms with Crippen LogP contribution in [0.1, 0.15) is 36.0 Å². The first-order chi connectivity index (χ1) is 16.5. The van der Waals surface area contributed by atoms with E-state index in [0.717, 1.165) is 48.3 Å². The highest BCUT2D eigenvalue weighted by atomic mass is 19.1. The molecule has 6 N–H and O–H groups in total. The summed E-state index contributed by atoms with van der Waals surface area (Å²) < 4.78 is 14.7. The fourth-order valence-electron chi connectivity index (χ4n) is 4.18. The van der Waals surface area contributed by atoms with E-state index < -0.39 is 11.7 Å². The molecule has 4 aromatic rings. The summed E-state index contributed by atoms with van der Waals surface area (Å²) in [6, 6.07) is 8.37. The van der Waals surface area contributed by atoms with Gasteiger partial charge in [0.1, 0.15) is 5.82 Å². The van der Waals surface area contributed by atoms with Gasteiger partial charge >= 0.3 is 0 Å². The standard InChI is InChI=1S/C23H24FN9O/c24-17-11-16(21(26)34)22(32-23(17)31-19-4-2-1-3-18(19)25)30-14-9-13-5-6-15(10-20(13)27-12-14)33-28-7-8-29-33/h5-12,18-19H,1-4,25H2,(H2,26,34)(H2,30,31,32). The normalized spacial score (nSPS) is 18.1. The number of fused-ring (bicyclic) bond motifs is 1. The van der Waals surface area contributed by atoms with Crippen molar-refractivity contribution in [3.63, 3.8) is 0 Å². The van der Waals surface area contributed by atoms with E-state index in [0.29, 0.717) is 5.69 Å². The first-order valence-electron chi connectivity index (χ1n) is 11.0. The highest BCUT2D eigenvalue weighted by molar-refractivity contribution is 5.99. The zero-order valence-corrected chi connectivity index (χ0v) is 18.3. The minimum absolute atomic E-state index is 0.0277. The van der Waals surface area contributed by atoms with Gasteiger partial charge in [-0.2, -0.15) is 15.0 Å². The third kappa shape index (κ3) is 4.37. The Kier molecular flexibility index (Phi) is 5.76. The molecule has 3 heterocycles. The maximum absolute atomic E-state index is 14.7. The van der Waals surface area contributed by atoms with Crippen LogP contribution < -0.4 is 22.1 Å². The van der Waals surface area contributed by atoms with Gasteiger partial charge in [0.05, 0.1) is 41.0 Å². The lowest BCUT2D eigenvalue weighted by atomic mass is 9.91. The number of hydrogen-bond donors (Lipinski definition) is 4. The summed E-state index contributed by atoms with van der Waals surface area (Å²) in [5, 5.41) is 15.3. The van der Waals surface area contributed by atoms with Crippen LogP contribution in [0.5, 0.6) is 0 Å². The van der Waals surface area contributed by atoms with Gasteiger partial charge in [0.25, 0.3) is 5.91 Å². The van der Waals surface area contributed by atoms with Gasteiger partial charge in [-0.05, 0) is 37.1 Å². The molecule has 5 rings (SSSR count). The van der Waals surface area contributed by atoms with E-state index in [9.17, 15) is 9.18 Å². The van der Waals surface area contributed by atoms with Crippen molar-refractivity contribution < 1.29 is 9.18 Å². The van der Waals surface area contributed by atoms with Crippen LogP contribution in [0.2, 0.25) is 0 Å². The van der Waals surface area contributed by atoms with Crippen LogP contribution in [0.25, 0.3) is 16.6 Å². The molecule has 1 amide bonds. The fraction of sp³-hybridized carbons (Fsp3) is 0.261. The largest absolute Gasteiger partial charge is 0.365 e. The molecule has 0 aliphatic heterocycles. The molecule has 1 saturated carbocycles. The van der Waals surface area contributed by atoms with Gasteiger partial charge in [-0.3, -0.25) is 9.78 Å². The Hall–Kier alpha value is -4.12. The summed E-state index contributed by atoms with van der Waals surface area (Å²) in [6.07, 6.45) is 8.56. The summed E-state index contributed by atoms with van der Waals surface area (Å²) in [5.41, 5.74) is 13.7. The van der Waals surface area contributed by atoms with Crippen LogP contribution in [-0.4, -0.2) is 43.0 Å². The molecule has 34 heavy (non-hydrogen) atoms. The summed E-state index contributed by atoms with van der Waals surface area (Å²) >= 11 is 0. The number of pyridine rings is 2. The average molecular weight is 462 g/mol. The maximum Gasteiger partial charge on any atom is 0.252 e. The third-order valence-corrected chi connectivity index (χ3v) is 5.96. The molecule has 0 radical (unpaired) electrons. The number of aromatic nitrogens is 5. The topological polar surface area (TPSA) is 150 Å². The van der Waals surface area contributed by atoms with E-state index in [4.69, 9.17) is 11.5 Å². The van der Waals surface area contributed by atoms with Crippen LogP contribution in [0.3, 0.4) is 0 Å². The molecular weight excluding hydrogens is 437 g/mol. The molecule has 11 heteroatoms. The lowest BCUT2D eigenvalue weighted by Crippen LogP contribution is -2.43. The van der Waals surface area contributed by atoms with Crippen molar-refractivity contribution in [3.8, 4) is 5.69 Å². The Bertz CT molecular complexity index is 1340. The van der Waals surface area contributed by atoms with Crippen molar-refractivity contribution in [3.05, 3.63) is 60.3 Å². The number of halogens is 1. The molecule has 1 fully saturated rings. The Morgan fingerprint density at radius 3 is 2.65 bits per heavy atom. The van der Waals surface area contributed by atoms with Gasteiger partial charge in [0.15, 0.2) is 11.6 Å². The Morgan fingerprint density at radius 1 is 1.09 bits per heavy atom. The lowest BCUT2D eigenvalue weighted by molar-refractivity contribution is 0.100. The van der Waals surface area contributed by atoms with Gasteiger partial charge in [-0.25, -0.2) is 9.37 Å². The van der Waals surface area contributed by atoms with E-state index in [1.807, 2.05) is 24.3 Å². The zero-order chi connectivity index (χ0) is 23.7. The number of nitrogens with two attached hydrogens (primary N) is 2. The van der Waals surface area contributed by atoms with Gasteiger partial charge in [-0.1, -0.05) is 18.9 Å². The Balaban J connectivity index is 1.45. The summed E-state index contributed by atoms with van der Waals surface area (Å²) in [4.78, 5) is 22.3. The number of carbonyl (C=O) groups excluding carboxylic acids is 1. The number of nitrogens with zero attached hydrogens (tertiary/aromatic N) is 5. The molecule has 2 unspecified atom stereocenters. The number of hydrogen-bond acceptors (Lipinski definition) is 8. The van der Waals surface area contributed by atoms with Crippen LogP contribution in [0.4, 0.5) is 21.7 Å². The first-order valence-corrected chi connectivity index (χ1v) is 11.0. The number of anilines is 3. The molecule has 1 aliphatic rings. The van der Waals surface area contributed by atoms with Crippen molar-refractivity contribution in [2.24, 2.45) is 11.5 Å². The van der Waals surface area contributed by atoms with E-state index in [2.05, 4.69) is 30.8 Å². The second-order valence-electron chi connectivity index (χ2n) is 8.32. The second-order valence-corrected chi connectivity index (χ2v) is 8.32. The zero-order valence-electron chi connectivity index (χ0n) is 18.3. The molecule has 0 bridgehead atoms.